The number of fused-ring (bicyclic) bond motifs is 1. The summed E-state index contributed by atoms with van der Waals surface area (Å²) in [6.45, 7) is 0.721. The Labute approximate surface area is 137 Å². The second kappa shape index (κ2) is 5.77. The number of nitrogens with one attached hydrogen (secondary N) is 2. The molecular formula is C17H15N5O2. The van der Waals surface area contributed by atoms with Crippen LogP contribution < -0.4 is 10.2 Å². The van der Waals surface area contributed by atoms with E-state index in [2.05, 4.69) is 20.7 Å². The number of carbonyl (C=O) groups is 2. The normalized spacial score (nSPS) is 14.3. The molecule has 3 aromatic rings. The van der Waals surface area contributed by atoms with Gasteiger partial charge in [0, 0.05) is 29.9 Å². The van der Waals surface area contributed by atoms with E-state index in [1.807, 2.05) is 18.2 Å². The van der Waals surface area contributed by atoms with Gasteiger partial charge in [0.15, 0.2) is 0 Å². The molecule has 1 aliphatic rings. The number of anilines is 2. The van der Waals surface area contributed by atoms with Gasteiger partial charge in [0.05, 0.1) is 0 Å². The largest absolute Gasteiger partial charge is 0.322 e. The smallest absolute Gasteiger partial charge is 0.255 e. The van der Waals surface area contributed by atoms with Crippen molar-refractivity contribution in [3.05, 3.63) is 48.0 Å². The SMILES string of the molecule is O=C(Nc1cccc(N2CCCC2=O)c1)c1ccc2n[nH]nc2c1. The van der Waals surface area contributed by atoms with Crippen molar-refractivity contribution in [3.8, 4) is 0 Å². The zero-order chi connectivity index (χ0) is 16.5. The molecule has 7 heteroatoms. The van der Waals surface area contributed by atoms with E-state index in [1.165, 1.54) is 0 Å². The monoisotopic (exact) mass is 321 g/mol. The zero-order valence-electron chi connectivity index (χ0n) is 12.8. The van der Waals surface area contributed by atoms with Crippen molar-refractivity contribution in [2.24, 2.45) is 0 Å². The van der Waals surface area contributed by atoms with Crippen molar-refractivity contribution in [1.29, 1.82) is 0 Å². The minimum absolute atomic E-state index is 0.120. The van der Waals surface area contributed by atoms with Crippen LogP contribution in [0, 0.1) is 0 Å². The Morgan fingerprint density at radius 1 is 1.12 bits per heavy atom. The van der Waals surface area contributed by atoms with E-state index < -0.39 is 0 Å². The third kappa shape index (κ3) is 2.60. The molecule has 1 aliphatic heterocycles. The molecule has 2 N–H and O–H groups in total. The van der Waals surface area contributed by atoms with Crippen LogP contribution in [-0.4, -0.2) is 33.8 Å². The molecule has 2 amide bonds. The number of H-pyrrole nitrogens is 1. The first-order chi connectivity index (χ1) is 11.7. The van der Waals surface area contributed by atoms with Crippen LogP contribution in [-0.2, 0) is 4.79 Å². The quantitative estimate of drug-likeness (QED) is 0.774. The van der Waals surface area contributed by atoms with Crippen LogP contribution in [0.5, 0.6) is 0 Å². The van der Waals surface area contributed by atoms with Gasteiger partial charge in [0.1, 0.15) is 11.0 Å². The number of nitrogens with zero attached hydrogens (tertiary/aromatic N) is 3. The van der Waals surface area contributed by atoms with Gasteiger partial charge in [-0.3, -0.25) is 9.59 Å². The molecule has 0 atom stereocenters. The van der Waals surface area contributed by atoms with Crippen molar-refractivity contribution >= 4 is 34.2 Å². The first-order valence-electron chi connectivity index (χ1n) is 7.73. The Balaban J connectivity index is 1.56. The molecular weight excluding hydrogens is 306 g/mol. The molecule has 2 heterocycles. The molecule has 0 saturated carbocycles. The van der Waals surface area contributed by atoms with Crippen LogP contribution in [0.25, 0.3) is 11.0 Å². The number of amides is 2. The summed E-state index contributed by atoms with van der Waals surface area (Å²) in [6, 6.07) is 12.5. The Kier molecular flexibility index (Phi) is 3.45. The Morgan fingerprint density at radius 2 is 2.00 bits per heavy atom. The maximum absolute atomic E-state index is 12.4. The molecule has 1 saturated heterocycles. The van der Waals surface area contributed by atoms with Gasteiger partial charge in [-0.15, -0.1) is 0 Å². The summed E-state index contributed by atoms with van der Waals surface area (Å²) in [4.78, 5) is 26.0. The summed E-state index contributed by atoms with van der Waals surface area (Å²) < 4.78 is 0. The summed E-state index contributed by atoms with van der Waals surface area (Å²) in [5.41, 5.74) is 3.30. The molecule has 1 fully saturated rings. The number of hydrogen-bond donors (Lipinski definition) is 2. The highest BCUT2D eigenvalue weighted by Gasteiger charge is 2.21. The average Bonchev–Trinajstić information content (AvgIpc) is 3.22. The van der Waals surface area contributed by atoms with Gasteiger partial charge in [-0.1, -0.05) is 6.07 Å². The van der Waals surface area contributed by atoms with Gasteiger partial charge >= 0.3 is 0 Å². The number of benzene rings is 2. The number of aromatic nitrogens is 3. The lowest BCUT2D eigenvalue weighted by Gasteiger charge is -2.16. The van der Waals surface area contributed by atoms with Crippen LogP contribution in [0.1, 0.15) is 23.2 Å². The van der Waals surface area contributed by atoms with E-state index in [9.17, 15) is 9.59 Å². The van der Waals surface area contributed by atoms with Crippen LogP contribution in [0.3, 0.4) is 0 Å². The van der Waals surface area contributed by atoms with E-state index in [0.29, 0.717) is 28.7 Å². The van der Waals surface area contributed by atoms with Crippen molar-refractivity contribution in [1.82, 2.24) is 15.4 Å². The average molecular weight is 321 g/mol. The predicted molar refractivity (Wildman–Crippen MR) is 89.9 cm³/mol. The Morgan fingerprint density at radius 3 is 2.83 bits per heavy atom. The number of aromatic amines is 1. The van der Waals surface area contributed by atoms with Gasteiger partial charge in [-0.05, 0) is 42.8 Å². The van der Waals surface area contributed by atoms with Gasteiger partial charge in [0.2, 0.25) is 5.91 Å². The molecule has 7 nitrogen and oxygen atoms in total. The van der Waals surface area contributed by atoms with Gasteiger partial charge < -0.3 is 10.2 Å². The van der Waals surface area contributed by atoms with Crippen molar-refractivity contribution in [2.45, 2.75) is 12.8 Å². The fourth-order valence-corrected chi connectivity index (χ4v) is 2.86. The van der Waals surface area contributed by atoms with Gasteiger partial charge in [0.25, 0.3) is 5.91 Å². The standard InChI is InChI=1S/C17H15N5O2/c23-16-5-2-8-22(16)13-4-1-3-12(10-13)18-17(24)11-6-7-14-15(9-11)20-21-19-14/h1,3-4,6-7,9-10H,2,5,8H2,(H,18,24)(H,19,20,21). The lowest BCUT2D eigenvalue weighted by atomic mass is 10.2. The van der Waals surface area contributed by atoms with Crippen molar-refractivity contribution in [2.75, 3.05) is 16.8 Å². The highest BCUT2D eigenvalue weighted by molar-refractivity contribution is 6.06. The summed E-state index contributed by atoms with van der Waals surface area (Å²) in [5.74, 6) is -0.111. The van der Waals surface area contributed by atoms with E-state index in [1.54, 1.807) is 29.2 Å². The molecule has 120 valence electrons. The fourth-order valence-electron chi connectivity index (χ4n) is 2.86. The zero-order valence-corrected chi connectivity index (χ0v) is 12.8. The topological polar surface area (TPSA) is 91.0 Å². The molecule has 4 rings (SSSR count). The van der Waals surface area contributed by atoms with Crippen molar-refractivity contribution in [3.63, 3.8) is 0 Å². The van der Waals surface area contributed by atoms with E-state index in [0.717, 1.165) is 18.7 Å². The minimum Gasteiger partial charge on any atom is -0.322 e. The summed E-state index contributed by atoms with van der Waals surface area (Å²) >= 11 is 0. The van der Waals surface area contributed by atoms with Crippen LogP contribution in [0.2, 0.25) is 0 Å². The first kappa shape index (κ1) is 14.4. The fraction of sp³-hybridized carbons (Fsp3) is 0.176. The summed E-state index contributed by atoms with van der Waals surface area (Å²) in [6.07, 6.45) is 1.45. The maximum atomic E-state index is 12.4. The summed E-state index contributed by atoms with van der Waals surface area (Å²) in [5, 5.41) is 13.3. The van der Waals surface area contributed by atoms with Crippen LogP contribution >= 0.6 is 0 Å². The minimum atomic E-state index is -0.232. The molecule has 0 bridgehead atoms. The van der Waals surface area contributed by atoms with E-state index >= 15 is 0 Å². The molecule has 2 aromatic carbocycles. The number of carbonyl (C=O) groups excluding carboxylic acids is 2. The highest BCUT2D eigenvalue weighted by Crippen LogP contribution is 2.24. The molecule has 0 aliphatic carbocycles. The lowest BCUT2D eigenvalue weighted by Crippen LogP contribution is -2.23. The number of hydrogen-bond acceptors (Lipinski definition) is 4. The third-order valence-corrected chi connectivity index (χ3v) is 4.07. The summed E-state index contributed by atoms with van der Waals surface area (Å²) in [7, 11) is 0. The maximum Gasteiger partial charge on any atom is 0.255 e. The van der Waals surface area contributed by atoms with Gasteiger partial charge in [-0.2, -0.15) is 15.4 Å². The second-order valence-electron chi connectivity index (χ2n) is 5.68. The molecule has 0 radical (unpaired) electrons. The lowest BCUT2D eigenvalue weighted by molar-refractivity contribution is -0.117. The molecule has 0 spiro atoms. The highest BCUT2D eigenvalue weighted by atomic mass is 16.2. The number of rotatable bonds is 3. The van der Waals surface area contributed by atoms with Crippen LogP contribution in [0.15, 0.2) is 42.5 Å². The third-order valence-electron chi connectivity index (χ3n) is 4.07. The Hall–Kier alpha value is -3.22. The van der Waals surface area contributed by atoms with E-state index in [4.69, 9.17) is 0 Å². The first-order valence-corrected chi connectivity index (χ1v) is 7.73. The Bertz CT molecular complexity index is 933. The predicted octanol–water partition coefficient (Wildman–Crippen LogP) is 2.34. The molecule has 24 heavy (non-hydrogen) atoms. The van der Waals surface area contributed by atoms with Crippen molar-refractivity contribution < 1.29 is 9.59 Å². The van der Waals surface area contributed by atoms with E-state index in [-0.39, 0.29) is 11.8 Å². The van der Waals surface area contributed by atoms with Gasteiger partial charge in [-0.25, -0.2) is 0 Å². The second-order valence-corrected chi connectivity index (χ2v) is 5.68. The van der Waals surface area contributed by atoms with Crippen LogP contribution in [0.4, 0.5) is 11.4 Å². The molecule has 1 aromatic heterocycles. The molecule has 0 unspecified atom stereocenters.